The van der Waals surface area contributed by atoms with E-state index in [1.54, 1.807) is 19.5 Å². The van der Waals surface area contributed by atoms with Crippen molar-refractivity contribution >= 4 is 5.69 Å². The van der Waals surface area contributed by atoms with Crippen LogP contribution in [0.2, 0.25) is 0 Å². The average Bonchev–Trinajstić information content (AvgIpc) is 2.94. The maximum Gasteiger partial charge on any atom is 0.119 e. The molecule has 0 amide bonds. The standard InChI is InChI=1S/C21H27N3O2/c1-21(25,15-6-9-22-10-7-15)14-24-19-5-4-16(26-3)12-17(19)18-13-23(2)11-8-20(18)24/h4-7,9-10,12,18,20,25H,8,11,13-14H2,1-3H3. The Bertz CT molecular complexity index is 778. The maximum absolute atomic E-state index is 11.2. The van der Waals surface area contributed by atoms with Gasteiger partial charge in [-0.05, 0) is 68.4 Å². The molecule has 5 nitrogen and oxygen atoms in total. The molecule has 0 saturated carbocycles. The molecular formula is C21H27N3O2. The smallest absolute Gasteiger partial charge is 0.119 e. The van der Waals surface area contributed by atoms with Gasteiger partial charge in [0.15, 0.2) is 0 Å². The lowest BCUT2D eigenvalue weighted by Crippen LogP contribution is -2.49. The molecule has 1 saturated heterocycles. The average molecular weight is 353 g/mol. The number of anilines is 1. The van der Waals surface area contributed by atoms with Crippen molar-refractivity contribution < 1.29 is 9.84 Å². The normalized spacial score (nSPS) is 24.7. The number of nitrogens with zero attached hydrogens (tertiary/aromatic N) is 3. The van der Waals surface area contributed by atoms with Crippen LogP contribution in [0.3, 0.4) is 0 Å². The SMILES string of the molecule is COc1ccc2c(c1)C1CN(C)CCC1N2CC(C)(O)c1ccncc1. The number of likely N-dealkylation sites (N-methyl/N-ethyl adjacent to an activating group) is 1. The summed E-state index contributed by atoms with van der Waals surface area (Å²) in [6, 6.07) is 10.6. The van der Waals surface area contributed by atoms with Crippen LogP contribution in [-0.2, 0) is 5.60 Å². The number of β-amino-alcohol motifs (C(OH)–C–C–N with tert-alkyl or cyclic N) is 1. The first-order valence-electron chi connectivity index (χ1n) is 9.25. The van der Waals surface area contributed by atoms with Gasteiger partial charge in [0, 0.05) is 36.6 Å². The van der Waals surface area contributed by atoms with E-state index < -0.39 is 5.60 Å². The van der Waals surface area contributed by atoms with E-state index >= 15 is 0 Å². The Morgan fingerprint density at radius 2 is 2.04 bits per heavy atom. The number of ether oxygens (including phenoxy) is 1. The Labute approximate surface area is 155 Å². The Kier molecular flexibility index (Phi) is 4.37. The minimum atomic E-state index is -0.932. The molecule has 1 fully saturated rings. The van der Waals surface area contributed by atoms with Crippen molar-refractivity contribution in [2.45, 2.75) is 30.9 Å². The second-order valence-corrected chi connectivity index (χ2v) is 7.79. The van der Waals surface area contributed by atoms with Crippen molar-refractivity contribution in [1.82, 2.24) is 9.88 Å². The van der Waals surface area contributed by atoms with Gasteiger partial charge in [0.25, 0.3) is 0 Å². The topological polar surface area (TPSA) is 48.8 Å². The molecule has 2 aromatic rings. The number of benzene rings is 1. The van der Waals surface area contributed by atoms with Crippen molar-refractivity contribution in [3.05, 3.63) is 53.9 Å². The van der Waals surface area contributed by atoms with Crippen LogP contribution in [0.4, 0.5) is 5.69 Å². The summed E-state index contributed by atoms with van der Waals surface area (Å²) in [5, 5.41) is 11.2. The molecule has 0 bridgehead atoms. The molecular weight excluding hydrogens is 326 g/mol. The fourth-order valence-corrected chi connectivity index (χ4v) is 4.51. The minimum Gasteiger partial charge on any atom is -0.497 e. The third-order valence-corrected chi connectivity index (χ3v) is 5.90. The molecule has 0 spiro atoms. The van der Waals surface area contributed by atoms with Crippen molar-refractivity contribution in [1.29, 1.82) is 0 Å². The van der Waals surface area contributed by atoms with Gasteiger partial charge in [-0.1, -0.05) is 0 Å². The molecule has 138 valence electrons. The van der Waals surface area contributed by atoms with Gasteiger partial charge in [-0.15, -0.1) is 0 Å². The summed E-state index contributed by atoms with van der Waals surface area (Å²) in [6.07, 6.45) is 4.58. The van der Waals surface area contributed by atoms with Crippen LogP contribution in [0, 0.1) is 0 Å². The third-order valence-electron chi connectivity index (χ3n) is 5.90. The monoisotopic (exact) mass is 353 g/mol. The minimum absolute atomic E-state index is 0.418. The summed E-state index contributed by atoms with van der Waals surface area (Å²) >= 11 is 0. The highest BCUT2D eigenvalue weighted by Crippen LogP contribution is 2.46. The van der Waals surface area contributed by atoms with Crippen LogP contribution < -0.4 is 9.64 Å². The van der Waals surface area contributed by atoms with Gasteiger partial charge >= 0.3 is 0 Å². The molecule has 1 aromatic carbocycles. The van der Waals surface area contributed by atoms with E-state index in [0.29, 0.717) is 18.5 Å². The quantitative estimate of drug-likeness (QED) is 0.916. The van der Waals surface area contributed by atoms with Gasteiger partial charge in [-0.25, -0.2) is 0 Å². The molecule has 3 unspecified atom stereocenters. The van der Waals surface area contributed by atoms with Crippen LogP contribution >= 0.6 is 0 Å². The lowest BCUT2D eigenvalue weighted by atomic mass is 9.88. The van der Waals surface area contributed by atoms with E-state index in [-0.39, 0.29) is 0 Å². The summed E-state index contributed by atoms with van der Waals surface area (Å²) in [4.78, 5) is 8.88. The number of aromatic nitrogens is 1. The first-order valence-corrected chi connectivity index (χ1v) is 9.25. The largest absolute Gasteiger partial charge is 0.497 e. The number of pyridine rings is 1. The van der Waals surface area contributed by atoms with E-state index in [9.17, 15) is 5.11 Å². The zero-order chi connectivity index (χ0) is 18.3. The third kappa shape index (κ3) is 2.95. The summed E-state index contributed by atoms with van der Waals surface area (Å²) in [6.45, 7) is 4.59. The molecule has 5 heteroatoms. The van der Waals surface area contributed by atoms with Crippen molar-refractivity contribution in [2.75, 3.05) is 38.7 Å². The van der Waals surface area contributed by atoms with Gasteiger partial charge < -0.3 is 19.6 Å². The summed E-state index contributed by atoms with van der Waals surface area (Å²) in [7, 11) is 3.90. The fourth-order valence-electron chi connectivity index (χ4n) is 4.51. The molecule has 2 aliphatic heterocycles. The maximum atomic E-state index is 11.2. The van der Waals surface area contributed by atoms with Crippen LogP contribution in [-0.4, -0.2) is 54.8 Å². The number of hydrogen-bond donors (Lipinski definition) is 1. The summed E-state index contributed by atoms with van der Waals surface area (Å²) in [5.74, 6) is 1.35. The number of rotatable bonds is 4. The van der Waals surface area contributed by atoms with Crippen molar-refractivity contribution in [2.24, 2.45) is 0 Å². The summed E-state index contributed by atoms with van der Waals surface area (Å²) < 4.78 is 5.46. The fraction of sp³-hybridized carbons (Fsp3) is 0.476. The van der Waals surface area contributed by atoms with E-state index in [1.807, 2.05) is 25.1 Å². The Hall–Kier alpha value is -2.11. The predicted molar refractivity (Wildman–Crippen MR) is 103 cm³/mol. The Morgan fingerprint density at radius 3 is 2.77 bits per heavy atom. The zero-order valence-corrected chi connectivity index (χ0v) is 15.7. The van der Waals surface area contributed by atoms with Gasteiger partial charge in [-0.3, -0.25) is 4.98 Å². The van der Waals surface area contributed by atoms with Gasteiger partial charge in [0.05, 0.1) is 13.7 Å². The molecule has 26 heavy (non-hydrogen) atoms. The number of fused-ring (bicyclic) bond motifs is 3. The van der Waals surface area contributed by atoms with Crippen molar-refractivity contribution in [3.63, 3.8) is 0 Å². The van der Waals surface area contributed by atoms with Gasteiger partial charge in [-0.2, -0.15) is 0 Å². The molecule has 2 aliphatic rings. The Morgan fingerprint density at radius 1 is 1.27 bits per heavy atom. The van der Waals surface area contributed by atoms with E-state index in [4.69, 9.17) is 4.74 Å². The molecule has 3 atom stereocenters. The lowest BCUT2D eigenvalue weighted by molar-refractivity contribution is 0.0606. The highest BCUT2D eigenvalue weighted by Gasteiger charge is 2.43. The van der Waals surface area contributed by atoms with Gasteiger partial charge in [0.2, 0.25) is 0 Å². The van der Waals surface area contributed by atoms with Crippen molar-refractivity contribution in [3.8, 4) is 5.75 Å². The number of aliphatic hydroxyl groups is 1. The van der Waals surface area contributed by atoms with Crippen LogP contribution in [0.5, 0.6) is 5.75 Å². The predicted octanol–water partition coefficient (Wildman–Crippen LogP) is 2.61. The van der Waals surface area contributed by atoms with E-state index in [2.05, 4.69) is 34.0 Å². The zero-order valence-electron chi connectivity index (χ0n) is 15.7. The second kappa shape index (κ2) is 6.56. The first-order chi connectivity index (χ1) is 12.5. The number of hydrogen-bond acceptors (Lipinski definition) is 5. The molecule has 0 aliphatic carbocycles. The summed E-state index contributed by atoms with van der Waals surface area (Å²) in [5.41, 5.74) is 2.54. The Balaban J connectivity index is 1.70. The number of piperidine rings is 1. The van der Waals surface area contributed by atoms with E-state index in [0.717, 1.165) is 30.8 Å². The van der Waals surface area contributed by atoms with Crippen LogP contribution in [0.25, 0.3) is 0 Å². The highest BCUT2D eigenvalue weighted by atomic mass is 16.5. The van der Waals surface area contributed by atoms with Crippen LogP contribution in [0.1, 0.15) is 30.4 Å². The lowest BCUT2D eigenvalue weighted by Gasteiger charge is -2.40. The number of methoxy groups -OCH3 is 1. The van der Waals surface area contributed by atoms with Crippen LogP contribution in [0.15, 0.2) is 42.7 Å². The highest BCUT2D eigenvalue weighted by molar-refractivity contribution is 5.64. The van der Waals surface area contributed by atoms with E-state index in [1.165, 1.54) is 11.3 Å². The molecule has 3 heterocycles. The molecule has 0 radical (unpaired) electrons. The molecule has 1 aromatic heterocycles. The van der Waals surface area contributed by atoms with Gasteiger partial charge in [0.1, 0.15) is 11.4 Å². The number of likely N-dealkylation sites (tertiary alicyclic amines) is 1. The molecule has 4 rings (SSSR count). The molecule has 1 N–H and O–H groups in total. The first kappa shape index (κ1) is 17.3. The second-order valence-electron chi connectivity index (χ2n) is 7.79.